The molecule has 0 aromatic heterocycles. The van der Waals surface area contributed by atoms with Crippen LogP contribution in [0, 0.1) is 10.1 Å². The van der Waals surface area contributed by atoms with Crippen LogP contribution in [0.5, 0.6) is 0 Å². The summed E-state index contributed by atoms with van der Waals surface area (Å²) in [4.78, 5) is 27.9. The molecule has 1 fully saturated rings. The molecule has 2 rings (SSSR count). The second-order valence-corrected chi connectivity index (χ2v) is 4.87. The summed E-state index contributed by atoms with van der Waals surface area (Å²) < 4.78 is 5.73. The fourth-order valence-corrected chi connectivity index (χ4v) is 2.26. The number of hydrogen-bond donors (Lipinski definition) is 0. The molecule has 1 heterocycles. The average molecular weight is 341 g/mol. The van der Waals surface area contributed by atoms with Gasteiger partial charge in [0.1, 0.15) is 0 Å². The van der Waals surface area contributed by atoms with E-state index >= 15 is 0 Å². The molecule has 1 radical (unpaired) electrons. The van der Waals surface area contributed by atoms with Crippen molar-refractivity contribution < 1.29 is 14.5 Å². The molecule has 0 saturated carbocycles. The minimum atomic E-state index is -0.510. The first-order chi connectivity index (χ1) is 9.58. The number of morpholine rings is 1. The molecule has 0 N–H and O–H groups in total. The van der Waals surface area contributed by atoms with Crippen LogP contribution < -0.4 is 0 Å². The molecule has 7 nitrogen and oxygen atoms in total. The van der Waals surface area contributed by atoms with E-state index in [9.17, 15) is 14.9 Å². The summed E-state index contributed by atoms with van der Waals surface area (Å²) in [7, 11) is 0. The van der Waals surface area contributed by atoms with Crippen molar-refractivity contribution in [1.82, 2.24) is 4.90 Å². The molecule has 0 aliphatic carbocycles. The molecule has 1 aromatic carbocycles. The number of carbonyl (C=O) groups excluding carboxylic acids is 1. The standard InChI is InChI=1S/C12H12N3O4Se/c16-11(9-1-3-10(4-2-9)15(17)18)13-12(20)14-5-7-19-8-6-14/h1-4H,5-8H2. The summed E-state index contributed by atoms with van der Waals surface area (Å²) in [5.41, 5.74) is 0.263. The number of ether oxygens (including phenoxy) is 1. The van der Waals surface area contributed by atoms with E-state index in [1.807, 2.05) is 4.90 Å². The molecular formula is C12H12N3O4Se. The number of hydrogen-bond acceptors (Lipinski definition) is 4. The van der Waals surface area contributed by atoms with Crippen molar-refractivity contribution in [2.45, 2.75) is 0 Å². The predicted octanol–water partition coefficient (Wildman–Crippen LogP) is 0.592. The number of nitro groups is 1. The third kappa shape index (κ3) is 3.63. The maximum absolute atomic E-state index is 11.9. The van der Waals surface area contributed by atoms with E-state index in [4.69, 9.17) is 4.74 Å². The molecule has 1 aliphatic rings. The van der Waals surface area contributed by atoms with Crippen LogP contribution in [0.4, 0.5) is 5.69 Å². The van der Waals surface area contributed by atoms with Gasteiger partial charge in [0.2, 0.25) is 0 Å². The predicted molar refractivity (Wildman–Crippen MR) is 73.0 cm³/mol. The van der Waals surface area contributed by atoms with E-state index in [2.05, 4.69) is 21.0 Å². The first kappa shape index (κ1) is 14.6. The number of benzene rings is 1. The Balaban J connectivity index is 2.08. The van der Waals surface area contributed by atoms with Crippen molar-refractivity contribution in [1.29, 1.82) is 0 Å². The number of amidine groups is 1. The normalized spacial score (nSPS) is 16.0. The summed E-state index contributed by atoms with van der Waals surface area (Å²) in [5.74, 6) is -0.430. The molecule has 105 valence electrons. The second kappa shape index (κ2) is 6.60. The molecule has 8 heteroatoms. The van der Waals surface area contributed by atoms with Crippen molar-refractivity contribution in [2.24, 2.45) is 4.99 Å². The maximum atomic E-state index is 11.9. The monoisotopic (exact) mass is 342 g/mol. The van der Waals surface area contributed by atoms with E-state index < -0.39 is 10.8 Å². The average Bonchev–Trinajstić information content (AvgIpc) is 2.48. The molecule has 1 aliphatic heterocycles. The zero-order valence-corrected chi connectivity index (χ0v) is 12.2. The number of aliphatic imine (C=N–C) groups is 1. The summed E-state index contributed by atoms with van der Waals surface area (Å²) in [6.07, 6.45) is 0. The molecule has 20 heavy (non-hydrogen) atoms. The number of non-ortho nitro benzene ring substituents is 1. The van der Waals surface area contributed by atoms with Gasteiger partial charge in [-0.1, -0.05) is 0 Å². The third-order valence-electron chi connectivity index (χ3n) is 2.80. The molecule has 1 saturated heterocycles. The Bertz CT molecular complexity index is 538. The van der Waals surface area contributed by atoms with Crippen LogP contribution in [0.1, 0.15) is 10.4 Å². The molecule has 0 unspecified atom stereocenters. The molecule has 1 amide bonds. The number of amides is 1. The summed E-state index contributed by atoms with van der Waals surface area (Å²) in [6, 6.07) is 5.38. The van der Waals surface area contributed by atoms with Gasteiger partial charge >= 0.3 is 123 Å². The number of rotatable bonds is 2. The minimum absolute atomic E-state index is 0.0537. The Morgan fingerprint density at radius 2 is 1.90 bits per heavy atom. The zero-order valence-electron chi connectivity index (χ0n) is 10.5. The van der Waals surface area contributed by atoms with E-state index in [1.54, 1.807) is 0 Å². The molecule has 0 atom stereocenters. The molecule has 0 bridgehead atoms. The van der Waals surface area contributed by atoms with Crippen molar-refractivity contribution >= 4 is 32.3 Å². The molecular weight excluding hydrogens is 329 g/mol. The van der Waals surface area contributed by atoms with Crippen LogP contribution in [0.2, 0.25) is 0 Å². The van der Waals surface area contributed by atoms with Gasteiger partial charge in [0.15, 0.2) is 0 Å². The Morgan fingerprint density at radius 3 is 2.45 bits per heavy atom. The van der Waals surface area contributed by atoms with Crippen molar-refractivity contribution in [2.75, 3.05) is 26.3 Å². The van der Waals surface area contributed by atoms with Crippen LogP contribution in [0.3, 0.4) is 0 Å². The third-order valence-corrected chi connectivity index (χ3v) is 3.54. The van der Waals surface area contributed by atoms with Crippen molar-refractivity contribution in [3.05, 3.63) is 39.9 Å². The van der Waals surface area contributed by atoms with Gasteiger partial charge in [0.05, 0.1) is 0 Å². The quantitative estimate of drug-likeness (QED) is 0.258. The van der Waals surface area contributed by atoms with Crippen molar-refractivity contribution in [3.8, 4) is 0 Å². The van der Waals surface area contributed by atoms with Gasteiger partial charge in [-0.3, -0.25) is 0 Å². The number of carbonyl (C=O) groups is 1. The van der Waals surface area contributed by atoms with E-state index in [0.717, 1.165) is 0 Å². The summed E-state index contributed by atoms with van der Waals surface area (Å²) >= 11 is 2.77. The van der Waals surface area contributed by atoms with Gasteiger partial charge in [0.25, 0.3) is 0 Å². The fourth-order valence-electron chi connectivity index (χ4n) is 1.70. The Hall–Kier alpha value is -1.76. The van der Waals surface area contributed by atoms with Gasteiger partial charge in [-0.25, -0.2) is 0 Å². The first-order valence-electron chi connectivity index (χ1n) is 5.95. The van der Waals surface area contributed by atoms with E-state index in [0.29, 0.717) is 36.6 Å². The second-order valence-electron chi connectivity index (χ2n) is 4.10. The zero-order chi connectivity index (χ0) is 14.5. The van der Waals surface area contributed by atoms with Gasteiger partial charge < -0.3 is 0 Å². The first-order valence-corrected chi connectivity index (χ1v) is 6.81. The van der Waals surface area contributed by atoms with Crippen LogP contribution in [0.25, 0.3) is 0 Å². The summed E-state index contributed by atoms with van der Waals surface area (Å²) in [5, 5.41) is 10.5. The topological polar surface area (TPSA) is 85.0 Å². The SMILES string of the molecule is O=C(N=C([Se])N1CCOCC1)c1ccc([N+](=O)[O-])cc1. The molecule has 0 spiro atoms. The van der Waals surface area contributed by atoms with Crippen LogP contribution in [0.15, 0.2) is 29.3 Å². The van der Waals surface area contributed by atoms with E-state index in [1.165, 1.54) is 24.3 Å². The van der Waals surface area contributed by atoms with Gasteiger partial charge in [-0.2, -0.15) is 0 Å². The summed E-state index contributed by atoms with van der Waals surface area (Å²) in [6.45, 7) is 2.57. The Kier molecular flexibility index (Phi) is 4.84. The van der Waals surface area contributed by atoms with Crippen LogP contribution >= 0.6 is 0 Å². The Labute approximate surface area is 123 Å². The van der Waals surface area contributed by atoms with Gasteiger partial charge in [-0.15, -0.1) is 0 Å². The van der Waals surface area contributed by atoms with Crippen molar-refractivity contribution in [3.63, 3.8) is 0 Å². The number of nitrogens with zero attached hydrogens (tertiary/aromatic N) is 3. The van der Waals surface area contributed by atoms with E-state index in [-0.39, 0.29) is 5.69 Å². The molecule has 1 aromatic rings. The van der Waals surface area contributed by atoms with Gasteiger partial charge in [0, 0.05) is 0 Å². The van der Waals surface area contributed by atoms with Crippen LogP contribution in [-0.2, 0) is 4.74 Å². The Morgan fingerprint density at radius 1 is 1.30 bits per heavy atom. The fraction of sp³-hybridized carbons (Fsp3) is 0.333. The van der Waals surface area contributed by atoms with Gasteiger partial charge in [-0.05, 0) is 0 Å². The van der Waals surface area contributed by atoms with Crippen LogP contribution in [-0.4, -0.2) is 62.8 Å². The number of nitro benzene ring substituents is 1.